The summed E-state index contributed by atoms with van der Waals surface area (Å²) in [5.41, 5.74) is 5.86. The summed E-state index contributed by atoms with van der Waals surface area (Å²) in [6.07, 6.45) is 0. The van der Waals surface area contributed by atoms with E-state index in [9.17, 15) is 5.48 Å². The van der Waals surface area contributed by atoms with Gasteiger partial charge in [-0.25, -0.2) is 4.98 Å². The number of rotatable bonds is 6. The lowest BCUT2D eigenvalue weighted by Gasteiger charge is -2.12. The minimum absolute atomic E-state index is 0.00559. The van der Waals surface area contributed by atoms with Crippen molar-refractivity contribution < 1.29 is 13.7 Å². The highest BCUT2D eigenvalue weighted by molar-refractivity contribution is 6.19. The van der Waals surface area contributed by atoms with Crippen LogP contribution in [0.2, 0.25) is 0 Å². The number of para-hydroxylation sites is 3. The quantitative estimate of drug-likeness (QED) is 0.171. The Hall–Kier alpha value is -7.63. The van der Waals surface area contributed by atoms with Crippen molar-refractivity contribution in [1.82, 2.24) is 24.1 Å². The lowest BCUT2D eigenvalue weighted by Crippen LogP contribution is -2.06. The van der Waals surface area contributed by atoms with Crippen molar-refractivity contribution in [2.75, 3.05) is 0 Å². The fraction of sp³-hybridized carbons (Fsp3) is 0. The van der Waals surface area contributed by atoms with Crippen LogP contribution in [0, 0.1) is 0 Å². The van der Waals surface area contributed by atoms with Gasteiger partial charge in [0, 0.05) is 38.4 Å². The smallest absolute Gasteiger partial charge is 0.238 e. The van der Waals surface area contributed by atoms with E-state index in [1.54, 1.807) is 34.9 Å². The lowest BCUT2D eigenvalue weighted by molar-refractivity contribution is 0.953. The zero-order valence-corrected chi connectivity index (χ0v) is 29.5. The average Bonchev–Trinajstić information content (AvgIpc) is 3.93. The second-order valence-corrected chi connectivity index (χ2v) is 13.3. The first-order chi connectivity index (χ1) is 31.9. The maximum absolute atomic E-state index is 10.2. The van der Waals surface area contributed by atoms with E-state index in [-0.39, 0.29) is 79.3 Å². The normalized spacial score (nSPS) is 14.1. The lowest BCUT2D eigenvalue weighted by atomic mass is 9.98. The van der Waals surface area contributed by atoms with Gasteiger partial charge in [-0.2, -0.15) is 9.97 Å². The molecule has 56 heavy (non-hydrogen) atoms. The average molecular weight is 726 g/mol. The molecular formula is C51H33N5. The van der Waals surface area contributed by atoms with Gasteiger partial charge < -0.3 is 4.57 Å². The van der Waals surface area contributed by atoms with Crippen molar-refractivity contribution in [3.8, 4) is 56.7 Å². The standard InChI is InChI=1S/C51H33N5/c1-4-15-34(16-5-1)38-19-14-20-39(31-38)35-27-29-37(30-28-35)50-52-49(36-17-6-2-7-18-36)53-51(54-50)56-46-26-13-11-24-42(46)44-32-43-41-23-10-12-25-45(41)55(47(43)33-48(44)56)40-21-8-3-9-22-40/h1-33H/i10D,11D,12D,13D,23D,24D,25D,26D,32D,33D. The number of fused-ring (bicyclic) bond motifs is 6. The van der Waals surface area contributed by atoms with E-state index in [0.717, 1.165) is 22.3 Å². The molecule has 3 heterocycles. The number of hydrogen-bond acceptors (Lipinski definition) is 3. The van der Waals surface area contributed by atoms with Crippen LogP contribution in [0.25, 0.3) is 100 Å². The molecule has 11 rings (SSSR count). The third-order valence-corrected chi connectivity index (χ3v) is 10.0. The Morgan fingerprint density at radius 2 is 0.821 bits per heavy atom. The van der Waals surface area contributed by atoms with Crippen molar-refractivity contribution >= 4 is 43.6 Å². The molecule has 262 valence electrons. The highest BCUT2D eigenvalue weighted by Crippen LogP contribution is 2.39. The molecule has 5 heteroatoms. The highest BCUT2D eigenvalue weighted by Gasteiger charge is 2.21. The van der Waals surface area contributed by atoms with E-state index < -0.39 is 42.3 Å². The predicted molar refractivity (Wildman–Crippen MR) is 230 cm³/mol. The van der Waals surface area contributed by atoms with Crippen LogP contribution >= 0.6 is 0 Å². The van der Waals surface area contributed by atoms with Gasteiger partial charge in [0.1, 0.15) is 0 Å². The molecule has 0 aliphatic rings. The van der Waals surface area contributed by atoms with E-state index in [0.29, 0.717) is 16.8 Å². The van der Waals surface area contributed by atoms with E-state index in [4.69, 9.17) is 23.2 Å². The summed E-state index contributed by atoms with van der Waals surface area (Å²) in [5.74, 6) is 0.397. The number of hydrogen-bond donors (Lipinski definition) is 0. The van der Waals surface area contributed by atoms with Crippen LogP contribution < -0.4 is 0 Å². The molecule has 8 aromatic carbocycles. The Balaban J connectivity index is 1.24. The molecule has 0 radical (unpaired) electrons. The van der Waals surface area contributed by atoms with Crippen LogP contribution in [0.5, 0.6) is 0 Å². The van der Waals surface area contributed by atoms with Crippen LogP contribution in [-0.4, -0.2) is 24.1 Å². The van der Waals surface area contributed by atoms with E-state index in [1.807, 2.05) is 84.9 Å². The largest absolute Gasteiger partial charge is 0.309 e. The molecule has 0 amide bonds. The van der Waals surface area contributed by atoms with Crippen molar-refractivity contribution in [3.63, 3.8) is 0 Å². The Morgan fingerprint density at radius 3 is 1.45 bits per heavy atom. The fourth-order valence-corrected chi connectivity index (χ4v) is 7.38. The van der Waals surface area contributed by atoms with Gasteiger partial charge in [-0.05, 0) is 64.6 Å². The molecule has 0 aliphatic carbocycles. The number of aromatic nitrogens is 5. The van der Waals surface area contributed by atoms with Gasteiger partial charge >= 0.3 is 0 Å². The molecule has 0 saturated heterocycles. The third kappa shape index (κ3) is 5.29. The van der Waals surface area contributed by atoms with Crippen LogP contribution in [0.15, 0.2) is 200 Å². The second-order valence-electron chi connectivity index (χ2n) is 13.3. The molecule has 5 nitrogen and oxygen atoms in total. The summed E-state index contributed by atoms with van der Waals surface area (Å²) < 4.78 is 94.8. The third-order valence-electron chi connectivity index (χ3n) is 10.0. The first-order valence-electron chi connectivity index (χ1n) is 23.1. The van der Waals surface area contributed by atoms with Gasteiger partial charge in [0.15, 0.2) is 11.6 Å². The minimum atomic E-state index is -0.554. The van der Waals surface area contributed by atoms with E-state index in [1.165, 1.54) is 4.57 Å². The molecule has 0 unspecified atom stereocenters. The zero-order valence-electron chi connectivity index (χ0n) is 39.5. The SMILES string of the molecule is [2H]c1c([2H])c([2H])c2c(c1[2H])c1c([2H])c3c4c([2H])c([2H])c([2H])c([2H])c4n(-c4nc(-c5ccccc5)nc(-c5ccc(-c6cccc(-c7ccccc7)c6)cc5)n4)c3c([2H])c1n2-c1ccccc1. The van der Waals surface area contributed by atoms with Crippen LogP contribution in [-0.2, 0) is 0 Å². The molecule has 0 N–H and O–H groups in total. The number of nitrogens with zero attached hydrogens (tertiary/aromatic N) is 5. The predicted octanol–water partition coefficient (Wildman–Crippen LogP) is 12.7. The maximum Gasteiger partial charge on any atom is 0.238 e. The molecule has 0 aliphatic heterocycles. The van der Waals surface area contributed by atoms with Gasteiger partial charge in [-0.15, -0.1) is 0 Å². The van der Waals surface area contributed by atoms with Crippen molar-refractivity contribution in [1.29, 1.82) is 0 Å². The Kier molecular flexibility index (Phi) is 5.41. The van der Waals surface area contributed by atoms with E-state index >= 15 is 0 Å². The molecule has 0 spiro atoms. The van der Waals surface area contributed by atoms with Gasteiger partial charge in [-0.3, -0.25) is 4.57 Å². The summed E-state index contributed by atoms with van der Waals surface area (Å²) >= 11 is 0. The molecule has 0 atom stereocenters. The van der Waals surface area contributed by atoms with Crippen molar-refractivity contribution in [3.05, 3.63) is 200 Å². The number of benzene rings is 8. The monoisotopic (exact) mass is 725 g/mol. The molecule has 3 aromatic heterocycles. The van der Waals surface area contributed by atoms with Gasteiger partial charge in [-0.1, -0.05) is 158 Å². The summed E-state index contributed by atoms with van der Waals surface area (Å²) in [4.78, 5) is 14.9. The first-order valence-corrected chi connectivity index (χ1v) is 18.1. The Labute approximate surface area is 337 Å². The van der Waals surface area contributed by atoms with E-state index in [2.05, 4.69) is 24.3 Å². The maximum atomic E-state index is 10.2. The van der Waals surface area contributed by atoms with Crippen molar-refractivity contribution in [2.45, 2.75) is 0 Å². The van der Waals surface area contributed by atoms with Gasteiger partial charge in [0.2, 0.25) is 5.95 Å². The summed E-state index contributed by atoms with van der Waals surface area (Å²) in [7, 11) is 0. The minimum Gasteiger partial charge on any atom is -0.309 e. The molecule has 0 saturated carbocycles. The first kappa shape index (κ1) is 23.2. The molecule has 0 bridgehead atoms. The summed E-state index contributed by atoms with van der Waals surface area (Å²) in [5, 5.41) is -0.0611. The molecule has 11 aromatic rings. The molecule has 0 fully saturated rings. The van der Waals surface area contributed by atoms with Crippen LogP contribution in [0.3, 0.4) is 0 Å². The van der Waals surface area contributed by atoms with Crippen LogP contribution in [0.4, 0.5) is 0 Å². The topological polar surface area (TPSA) is 48.5 Å². The fourth-order valence-electron chi connectivity index (χ4n) is 7.38. The zero-order chi connectivity index (χ0) is 45.7. The molecular weight excluding hydrogens is 683 g/mol. The van der Waals surface area contributed by atoms with Gasteiger partial charge in [0.25, 0.3) is 0 Å². The van der Waals surface area contributed by atoms with Gasteiger partial charge in [0.05, 0.1) is 35.8 Å². The second kappa shape index (κ2) is 13.0. The Morgan fingerprint density at radius 1 is 0.357 bits per heavy atom. The highest BCUT2D eigenvalue weighted by atomic mass is 15.2. The Bertz CT molecular complexity index is 3800. The van der Waals surface area contributed by atoms with Crippen LogP contribution in [0.1, 0.15) is 13.7 Å². The summed E-state index contributed by atoms with van der Waals surface area (Å²) in [6, 6.07) is 39.8. The summed E-state index contributed by atoms with van der Waals surface area (Å²) in [6.45, 7) is 0. The van der Waals surface area contributed by atoms with Crippen molar-refractivity contribution in [2.24, 2.45) is 0 Å².